The first-order chi connectivity index (χ1) is 18.7. The van der Waals surface area contributed by atoms with Crippen molar-refractivity contribution >= 4 is 49.0 Å². The van der Waals surface area contributed by atoms with Gasteiger partial charge >= 0.3 is 49.0 Å². The van der Waals surface area contributed by atoms with Crippen molar-refractivity contribution in [1.82, 2.24) is 10.2 Å². The Kier molecular flexibility index (Phi) is 19.0. The molecule has 0 rings (SSSR count). The molecule has 23 heteroatoms. The molecule has 0 aromatic carbocycles. The van der Waals surface area contributed by atoms with Gasteiger partial charge in [-0.3, -0.25) is 18.6 Å². The van der Waals surface area contributed by atoms with Crippen molar-refractivity contribution in [1.29, 1.82) is 0 Å². The van der Waals surface area contributed by atoms with E-state index in [1.807, 2.05) is 6.92 Å². The first kappa shape index (κ1) is 41.8. The average Bonchev–Trinajstić information content (AvgIpc) is 2.83. The predicted octanol–water partition coefficient (Wildman–Crippen LogP) is 1.43. The van der Waals surface area contributed by atoms with E-state index in [0.29, 0.717) is 12.5 Å². The molecule has 0 radical (unpaired) electrons. The van der Waals surface area contributed by atoms with Gasteiger partial charge in [0.15, 0.2) is 0 Å². The van der Waals surface area contributed by atoms with Gasteiger partial charge in [0.2, 0.25) is 0 Å². The first-order valence-corrected chi connectivity index (χ1v) is 24.7. The Hall–Kier alpha value is 0.781. The van der Waals surface area contributed by atoms with Crippen LogP contribution in [-0.4, -0.2) is 121 Å². The normalized spacial score (nSPS) is 16.6. The molecule has 0 aromatic rings. The van der Waals surface area contributed by atoms with Gasteiger partial charge in [-0.25, -0.2) is 0 Å². The molecule has 0 aliphatic heterocycles. The molecule has 0 aliphatic rings. The van der Waals surface area contributed by atoms with Crippen molar-refractivity contribution < 1.29 is 69.0 Å². The number of hydrogen-bond acceptors (Lipinski definition) is 11. The molecule has 0 aliphatic carbocycles. The summed E-state index contributed by atoms with van der Waals surface area (Å²) in [5.41, 5.74) is 0. The van der Waals surface area contributed by atoms with Crippen LogP contribution in [0.25, 0.3) is 0 Å². The molecule has 0 aromatic heterocycles. The molecule has 2 unspecified atom stereocenters. The topological polar surface area (TPSA) is 243 Å². The van der Waals surface area contributed by atoms with Crippen molar-refractivity contribution in [3.8, 4) is 0 Å². The van der Waals surface area contributed by atoms with Gasteiger partial charge in [0.1, 0.15) is 12.6 Å². The van der Waals surface area contributed by atoms with Crippen LogP contribution in [0.1, 0.15) is 32.6 Å². The fourth-order valence-electron chi connectivity index (χ4n) is 3.87. The Labute approximate surface area is 245 Å². The second-order valence-corrected chi connectivity index (χ2v) is 24.3. The molecule has 248 valence electrons. The lowest BCUT2D eigenvalue weighted by molar-refractivity contribution is 0.0938. The summed E-state index contributed by atoms with van der Waals surface area (Å²) in [6.07, 6.45) is 0.0488. The van der Waals surface area contributed by atoms with Crippen molar-refractivity contribution in [2.24, 2.45) is 0 Å². The van der Waals surface area contributed by atoms with Crippen LogP contribution < -0.4 is 5.32 Å². The molecule has 0 saturated carbocycles. The number of hydrogen-bond donors (Lipinski definition) is 7. The molecule has 0 amide bonds. The van der Waals surface area contributed by atoms with Crippen LogP contribution in [0.5, 0.6) is 0 Å². The second kappa shape index (κ2) is 18.7. The second-order valence-electron chi connectivity index (χ2n) is 9.66. The molecule has 0 fully saturated rings. The van der Waals surface area contributed by atoms with Crippen molar-refractivity contribution in [2.75, 3.05) is 60.4 Å². The Balaban J connectivity index is 5.93. The summed E-state index contributed by atoms with van der Waals surface area (Å²) in [5, 5.41) is 2.70. The lowest BCUT2D eigenvalue weighted by Gasteiger charge is -2.41. The summed E-state index contributed by atoms with van der Waals surface area (Å²) in [6, 6.07) is 0.961. The summed E-state index contributed by atoms with van der Waals surface area (Å²) < 4.78 is 70.5. The van der Waals surface area contributed by atoms with Gasteiger partial charge in [-0.05, 0) is 44.9 Å². The SMILES string of the molecule is CCCC[Si](OC)(OC)O[Si](CCCNCP(=O)(O)O)(OC)O[Si](C)(CCCN(CP(=O)(O)O)CP(=O)(O)O)OC. The third-order valence-electron chi connectivity index (χ3n) is 5.91. The molecule has 0 saturated heterocycles. The average molecular weight is 711 g/mol. The van der Waals surface area contributed by atoms with Gasteiger partial charge in [0.25, 0.3) is 0 Å². The van der Waals surface area contributed by atoms with E-state index in [2.05, 4.69) is 5.32 Å². The van der Waals surface area contributed by atoms with E-state index in [0.717, 1.165) is 17.7 Å². The molecular weight excluding hydrogens is 661 g/mol. The quantitative estimate of drug-likeness (QED) is 0.0402. The maximum atomic E-state index is 11.5. The van der Waals surface area contributed by atoms with Crippen LogP contribution in [0, 0.1) is 0 Å². The Morgan fingerprint density at radius 2 is 1.20 bits per heavy atom. The van der Waals surface area contributed by atoms with Gasteiger partial charge in [-0.2, -0.15) is 0 Å². The third-order valence-corrected chi connectivity index (χ3v) is 19.5. The van der Waals surface area contributed by atoms with Crippen LogP contribution in [0.15, 0.2) is 0 Å². The highest BCUT2D eigenvalue weighted by Gasteiger charge is 2.55. The number of nitrogens with zero attached hydrogens (tertiary/aromatic N) is 1. The molecule has 17 nitrogen and oxygen atoms in total. The molecule has 0 bridgehead atoms. The zero-order chi connectivity index (χ0) is 32.0. The first-order valence-electron chi connectivity index (χ1n) is 12.9. The Bertz CT molecular complexity index is 867. The van der Waals surface area contributed by atoms with Crippen LogP contribution in [0.3, 0.4) is 0 Å². The van der Waals surface area contributed by atoms with E-state index >= 15 is 0 Å². The zero-order valence-corrected chi connectivity index (χ0v) is 30.3. The molecule has 7 N–H and O–H groups in total. The number of rotatable bonds is 25. The van der Waals surface area contributed by atoms with Crippen LogP contribution in [0.2, 0.25) is 24.7 Å². The highest BCUT2D eigenvalue weighted by atomic mass is 31.2. The van der Waals surface area contributed by atoms with Gasteiger partial charge in [-0.1, -0.05) is 13.3 Å². The standard InChI is InChI=1S/C18H49N2O15P3Si3/c1-7-8-14-40(31-3,32-4)35-41(33-5,15-9-11-19-16-36(21,22)23)34-39(6,30-2)13-10-12-20(17-37(24,25)26)18-38(27,28)29/h19H,7-18H2,1-6H3,(H2,21,22,23)(H2,24,25,26)(H2,27,28,29). The highest BCUT2D eigenvalue weighted by Crippen LogP contribution is 2.41. The summed E-state index contributed by atoms with van der Waals surface area (Å²) >= 11 is 0. The molecule has 0 spiro atoms. The van der Waals surface area contributed by atoms with E-state index in [1.165, 1.54) is 28.4 Å². The highest BCUT2D eigenvalue weighted by molar-refractivity contribution is 7.52. The van der Waals surface area contributed by atoms with Crippen molar-refractivity contribution in [3.63, 3.8) is 0 Å². The smallest absolute Gasteiger partial charge is 0.398 e. The lowest BCUT2D eigenvalue weighted by atomic mass is 10.4. The van der Waals surface area contributed by atoms with Gasteiger partial charge < -0.3 is 60.6 Å². The summed E-state index contributed by atoms with van der Waals surface area (Å²) in [4.78, 5) is 56.6. The van der Waals surface area contributed by atoms with Crippen molar-refractivity contribution in [3.05, 3.63) is 0 Å². The van der Waals surface area contributed by atoms with Gasteiger partial charge in [-0.15, -0.1) is 0 Å². The molecule has 0 heterocycles. The Morgan fingerprint density at radius 3 is 1.61 bits per heavy atom. The lowest BCUT2D eigenvalue weighted by Crippen LogP contribution is -2.62. The van der Waals surface area contributed by atoms with Crippen LogP contribution in [0.4, 0.5) is 0 Å². The minimum absolute atomic E-state index is 0.0500. The monoisotopic (exact) mass is 710 g/mol. The maximum absolute atomic E-state index is 11.5. The minimum Gasteiger partial charge on any atom is -0.398 e. The molecule has 41 heavy (non-hydrogen) atoms. The fraction of sp³-hybridized carbons (Fsp3) is 1.00. The number of nitrogens with one attached hydrogen (secondary N) is 1. The number of unbranched alkanes of at least 4 members (excludes halogenated alkanes) is 1. The molecule has 2 atom stereocenters. The summed E-state index contributed by atoms with van der Waals surface area (Å²) in [5.74, 6) is 0. The van der Waals surface area contributed by atoms with E-state index in [-0.39, 0.29) is 31.6 Å². The Morgan fingerprint density at radius 1 is 0.683 bits per heavy atom. The van der Waals surface area contributed by atoms with E-state index < -0.39 is 67.8 Å². The predicted molar refractivity (Wildman–Crippen MR) is 157 cm³/mol. The zero-order valence-electron chi connectivity index (χ0n) is 24.6. The fourth-order valence-corrected chi connectivity index (χ4v) is 17.5. The molecular formula is C18H49N2O15P3Si3. The minimum atomic E-state index is -4.58. The van der Waals surface area contributed by atoms with E-state index in [9.17, 15) is 33.3 Å². The van der Waals surface area contributed by atoms with Crippen LogP contribution in [-0.2, 0) is 39.6 Å². The van der Waals surface area contributed by atoms with Crippen LogP contribution >= 0.6 is 22.8 Å². The van der Waals surface area contributed by atoms with Gasteiger partial charge in [0, 0.05) is 40.5 Å². The summed E-state index contributed by atoms with van der Waals surface area (Å²) in [7, 11) is -17.7. The van der Waals surface area contributed by atoms with E-state index in [1.54, 1.807) is 6.55 Å². The summed E-state index contributed by atoms with van der Waals surface area (Å²) in [6.45, 7) is 3.93. The largest absolute Gasteiger partial charge is 0.493 e. The third kappa shape index (κ3) is 19.0. The maximum Gasteiger partial charge on any atom is 0.493 e. The van der Waals surface area contributed by atoms with Crippen molar-refractivity contribution in [2.45, 2.75) is 57.3 Å². The van der Waals surface area contributed by atoms with Gasteiger partial charge in [0.05, 0.1) is 6.29 Å². The van der Waals surface area contributed by atoms with E-state index in [4.69, 9.17) is 35.7 Å².